The van der Waals surface area contributed by atoms with E-state index in [1.807, 2.05) is 0 Å². The highest BCUT2D eigenvalue weighted by Gasteiger charge is 2.18. The van der Waals surface area contributed by atoms with E-state index in [2.05, 4.69) is 36.6 Å². The highest BCUT2D eigenvalue weighted by Crippen LogP contribution is 2.33. The summed E-state index contributed by atoms with van der Waals surface area (Å²) in [6, 6.07) is 3.37. The van der Waals surface area contributed by atoms with Gasteiger partial charge in [0.05, 0.1) is 16.6 Å². The van der Waals surface area contributed by atoms with Gasteiger partial charge in [0.1, 0.15) is 0 Å². The summed E-state index contributed by atoms with van der Waals surface area (Å²) in [6.07, 6.45) is 0. The van der Waals surface area contributed by atoms with Crippen molar-refractivity contribution in [3.05, 3.63) is 21.1 Å². The minimum absolute atomic E-state index is 0.366. The van der Waals surface area contributed by atoms with Crippen molar-refractivity contribution in [1.82, 2.24) is 0 Å². The zero-order valence-electron chi connectivity index (χ0n) is 8.79. The van der Waals surface area contributed by atoms with Crippen LogP contribution in [-0.4, -0.2) is 13.7 Å². The van der Waals surface area contributed by atoms with Crippen LogP contribution in [0.2, 0.25) is 0 Å². The fraction of sp³-hybridized carbons (Fsp3) is 0.333. The monoisotopic (exact) mass is 370 g/mol. The Kier molecular flexibility index (Phi) is 4.25. The Morgan fingerprint density at radius 3 is 2.31 bits per heavy atom. The topological polar surface area (TPSA) is 72.2 Å². The standard InChI is InChI=1S/C9H12Br2N2O2S/c1-5(2)16(14,15)13-9-7(11)3-6(10)4-8(9)12/h3-5,13H,12H2,1-2H3. The zero-order valence-corrected chi connectivity index (χ0v) is 12.8. The van der Waals surface area contributed by atoms with Crippen molar-refractivity contribution in [2.75, 3.05) is 10.5 Å². The highest BCUT2D eigenvalue weighted by atomic mass is 79.9. The number of benzene rings is 1. The summed E-state index contributed by atoms with van der Waals surface area (Å²) in [7, 11) is -3.38. The third kappa shape index (κ3) is 3.11. The summed E-state index contributed by atoms with van der Waals surface area (Å²) in [5, 5.41) is -0.512. The number of nitrogen functional groups attached to an aromatic ring is 1. The largest absolute Gasteiger partial charge is 0.397 e. The van der Waals surface area contributed by atoms with E-state index in [0.29, 0.717) is 15.8 Å². The van der Waals surface area contributed by atoms with E-state index < -0.39 is 15.3 Å². The first-order chi connectivity index (χ1) is 7.24. The molecule has 1 aromatic carbocycles. The quantitative estimate of drug-likeness (QED) is 0.802. The number of hydrogen-bond acceptors (Lipinski definition) is 3. The van der Waals surface area contributed by atoms with E-state index in [9.17, 15) is 8.42 Å². The van der Waals surface area contributed by atoms with Crippen molar-refractivity contribution in [2.24, 2.45) is 0 Å². The van der Waals surface area contributed by atoms with Crippen LogP contribution in [0, 0.1) is 0 Å². The van der Waals surface area contributed by atoms with Gasteiger partial charge in [-0.15, -0.1) is 0 Å². The molecule has 0 saturated heterocycles. The Balaban J connectivity index is 3.17. The minimum atomic E-state index is -3.38. The Morgan fingerprint density at radius 2 is 1.88 bits per heavy atom. The molecule has 0 aromatic heterocycles. The van der Waals surface area contributed by atoms with E-state index in [0.717, 1.165) is 4.47 Å². The van der Waals surface area contributed by atoms with Crippen LogP contribution >= 0.6 is 31.9 Å². The Morgan fingerprint density at radius 1 is 1.31 bits per heavy atom. The van der Waals surface area contributed by atoms with Gasteiger partial charge in [0.25, 0.3) is 0 Å². The molecule has 0 heterocycles. The Labute approximate surface area is 112 Å². The number of anilines is 2. The van der Waals surface area contributed by atoms with Gasteiger partial charge in [-0.1, -0.05) is 15.9 Å². The molecule has 0 atom stereocenters. The van der Waals surface area contributed by atoms with E-state index in [4.69, 9.17) is 5.73 Å². The van der Waals surface area contributed by atoms with Gasteiger partial charge in [-0.05, 0) is 41.9 Å². The summed E-state index contributed by atoms with van der Waals surface area (Å²) in [6.45, 7) is 3.20. The second-order valence-electron chi connectivity index (χ2n) is 3.55. The van der Waals surface area contributed by atoms with Crippen molar-refractivity contribution in [3.63, 3.8) is 0 Å². The molecule has 0 bridgehead atoms. The normalized spacial score (nSPS) is 11.8. The summed E-state index contributed by atoms with van der Waals surface area (Å²) < 4.78 is 27.2. The molecule has 0 unspecified atom stereocenters. The van der Waals surface area contributed by atoms with E-state index >= 15 is 0 Å². The van der Waals surface area contributed by atoms with Gasteiger partial charge in [0.15, 0.2) is 0 Å². The summed E-state index contributed by atoms with van der Waals surface area (Å²) >= 11 is 6.53. The molecule has 4 nitrogen and oxygen atoms in total. The van der Waals surface area contributed by atoms with Crippen LogP contribution in [0.5, 0.6) is 0 Å². The summed E-state index contributed by atoms with van der Waals surface area (Å²) in [5.74, 6) is 0. The average molecular weight is 372 g/mol. The van der Waals surface area contributed by atoms with E-state index in [1.54, 1.807) is 26.0 Å². The highest BCUT2D eigenvalue weighted by molar-refractivity contribution is 9.11. The molecule has 3 N–H and O–H groups in total. The fourth-order valence-electron chi connectivity index (χ4n) is 0.961. The molecule has 0 aliphatic carbocycles. The molecule has 16 heavy (non-hydrogen) atoms. The lowest BCUT2D eigenvalue weighted by atomic mass is 10.3. The number of sulfonamides is 1. The van der Waals surface area contributed by atoms with Crippen LogP contribution < -0.4 is 10.5 Å². The molecule has 1 rings (SSSR count). The zero-order chi connectivity index (χ0) is 12.5. The van der Waals surface area contributed by atoms with Crippen LogP contribution in [0.15, 0.2) is 21.1 Å². The lowest BCUT2D eigenvalue weighted by Crippen LogP contribution is -2.23. The molecule has 0 fully saturated rings. The first-order valence-electron chi connectivity index (χ1n) is 4.50. The molecular formula is C9H12Br2N2O2S. The summed E-state index contributed by atoms with van der Waals surface area (Å²) in [5.41, 5.74) is 6.48. The fourth-order valence-corrected chi connectivity index (χ4v) is 3.20. The number of rotatable bonds is 3. The van der Waals surface area contributed by atoms with Gasteiger partial charge in [-0.25, -0.2) is 8.42 Å². The van der Waals surface area contributed by atoms with E-state index in [-0.39, 0.29) is 0 Å². The van der Waals surface area contributed by atoms with E-state index in [1.165, 1.54) is 0 Å². The second-order valence-corrected chi connectivity index (χ2v) is 7.55. The number of nitrogens with one attached hydrogen (secondary N) is 1. The lowest BCUT2D eigenvalue weighted by molar-refractivity contribution is 0.593. The van der Waals surface area contributed by atoms with Crippen LogP contribution in [0.1, 0.15) is 13.8 Å². The van der Waals surface area contributed by atoms with Crippen molar-refractivity contribution < 1.29 is 8.42 Å². The van der Waals surface area contributed by atoms with Gasteiger partial charge in [0.2, 0.25) is 10.0 Å². The Bertz CT molecular complexity index is 477. The third-order valence-corrected chi connectivity index (χ3v) is 4.76. The van der Waals surface area contributed by atoms with Crippen molar-refractivity contribution >= 4 is 53.3 Å². The average Bonchev–Trinajstić information content (AvgIpc) is 2.11. The first-order valence-corrected chi connectivity index (χ1v) is 7.63. The number of nitrogens with two attached hydrogens (primary N) is 1. The molecule has 90 valence electrons. The van der Waals surface area contributed by atoms with Gasteiger partial charge in [0, 0.05) is 8.95 Å². The first kappa shape index (κ1) is 13.8. The van der Waals surface area contributed by atoms with Gasteiger partial charge < -0.3 is 5.73 Å². The molecule has 0 aliphatic heterocycles. The Hall–Kier alpha value is -0.270. The van der Waals surface area contributed by atoms with Gasteiger partial charge >= 0.3 is 0 Å². The number of halogens is 2. The van der Waals surface area contributed by atoms with Crippen LogP contribution in [0.4, 0.5) is 11.4 Å². The second kappa shape index (κ2) is 4.93. The maximum Gasteiger partial charge on any atom is 0.235 e. The maximum atomic E-state index is 11.7. The molecule has 0 amide bonds. The van der Waals surface area contributed by atoms with Gasteiger partial charge in [-0.3, -0.25) is 4.72 Å². The number of hydrogen-bond donors (Lipinski definition) is 2. The maximum absolute atomic E-state index is 11.7. The molecule has 0 radical (unpaired) electrons. The SMILES string of the molecule is CC(C)S(=O)(=O)Nc1c(N)cc(Br)cc1Br. The molecule has 0 spiro atoms. The van der Waals surface area contributed by atoms with Crippen molar-refractivity contribution in [2.45, 2.75) is 19.1 Å². The van der Waals surface area contributed by atoms with Crippen LogP contribution in [0.25, 0.3) is 0 Å². The minimum Gasteiger partial charge on any atom is -0.397 e. The predicted octanol–water partition coefficient (Wildman–Crippen LogP) is 2.94. The predicted molar refractivity (Wildman–Crippen MR) is 73.9 cm³/mol. The smallest absolute Gasteiger partial charge is 0.235 e. The van der Waals surface area contributed by atoms with Gasteiger partial charge in [-0.2, -0.15) is 0 Å². The van der Waals surface area contributed by atoms with Crippen LogP contribution in [0.3, 0.4) is 0 Å². The summed E-state index contributed by atoms with van der Waals surface area (Å²) in [4.78, 5) is 0. The third-order valence-electron chi connectivity index (χ3n) is 1.95. The molecule has 0 saturated carbocycles. The molecule has 0 aliphatic rings. The molecular weight excluding hydrogens is 360 g/mol. The van der Waals surface area contributed by atoms with Crippen molar-refractivity contribution in [3.8, 4) is 0 Å². The lowest BCUT2D eigenvalue weighted by Gasteiger charge is -2.14. The van der Waals surface area contributed by atoms with Crippen LogP contribution in [-0.2, 0) is 10.0 Å². The van der Waals surface area contributed by atoms with Crippen molar-refractivity contribution in [1.29, 1.82) is 0 Å². The molecule has 1 aromatic rings. The molecule has 7 heteroatoms.